The van der Waals surface area contributed by atoms with Crippen molar-refractivity contribution in [3.05, 3.63) is 45.1 Å². The molecule has 0 radical (unpaired) electrons. The van der Waals surface area contributed by atoms with E-state index in [0.717, 1.165) is 22.4 Å². The maximum Gasteiger partial charge on any atom is 0.0606 e. The van der Waals surface area contributed by atoms with E-state index >= 15 is 0 Å². The number of thiophene rings is 1. The van der Waals surface area contributed by atoms with E-state index in [1.807, 2.05) is 0 Å². The third kappa shape index (κ3) is 4.22. The number of hydrogen-bond donors (Lipinski definition) is 2. The molecule has 0 aliphatic carbocycles. The van der Waals surface area contributed by atoms with E-state index in [4.69, 9.17) is 5.11 Å². The van der Waals surface area contributed by atoms with Crippen LogP contribution in [0.2, 0.25) is 0 Å². The summed E-state index contributed by atoms with van der Waals surface area (Å²) >= 11 is 5.33. The Bertz CT molecular complexity index is 556. The predicted octanol–water partition coefficient (Wildman–Crippen LogP) is 4.50. The molecule has 21 heavy (non-hydrogen) atoms. The quantitative estimate of drug-likeness (QED) is 0.754. The van der Waals surface area contributed by atoms with Crippen LogP contribution in [0, 0.1) is 0 Å². The molecule has 1 heterocycles. The van der Waals surface area contributed by atoms with Gasteiger partial charge >= 0.3 is 0 Å². The van der Waals surface area contributed by atoms with Gasteiger partial charge in [-0.2, -0.15) is 0 Å². The van der Waals surface area contributed by atoms with Gasteiger partial charge in [-0.1, -0.05) is 0 Å². The van der Waals surface area contributed by atoms with Gasteiger partial charge in [-0.05, 0) is 65.5 Å². The Morgan fingerprint density at radius 1 is 1.29 bits per heavy atom. The Hall–Kier alpha value is -1.04. The Morgan fingerprint density at radius 3 is 2.52 bits per heavy atom. The number of nitrogens with one attached hydrogen (secondary N) is 1. The monoisotopic (exact) mass is 368 g/mol. The first-order chi connectivity index (χ1) is 10.2. The van der Waals surface area contributed by atoms with Crippen LogP contribution in [0.15, 0.2) is 40.2 Å². The molecule has 2 rings (SSSR count). The average Bonchev–Trinajstić information content (AvgIpc) is 2.92. The third-order valence-corrected chi connectivity index (χ3v) is 5.46. The molecule has 2 N–H and O–H groups in total. The second-order valence-electron chi connectivity index (χ2n) is 4.85. The van der Waals surface area contributed by atoms with Gasteiger partial charge in [0.05, 0.1) is 12.6 Å². The van der Waals surface area contributed by atoms with Gasteiger partial charge in [0.1, 0.15) is 0 Å². The van der Waals surface area contributed by atoms with E-state index in [1.165, 1.54) is 4.88 Å². The zero-order valence-electron chi connectivity index (χ0n) is 12.3. The lowest BCUT2D eigenvalue weighted by atomic mass is 10.2. The minimum absolute atomic E-state index is 0.178. The molecule has 0 aliphatic heterocycles. The highest BCUT2D eigenvalue weighted by Crippen LogP contribution is 2.31. The van der Waals surface area contributed by atoms with Crippen LogP contribution in [-0.4, -0.2) is 24.8 Å². The molecule has 2 aromatic rings. The summed E-state index contributed by atoms with van der Waals surface area (Å²) in [7, 11) is 0. The molecule has 0 spiro atoms. The lowest BCUT2D eigenvalue weighted by molar-refractivity contribution is 0.302. The number of likely N-dealkylation sites (N-methyl/N-ethyl adjacent to an activating group) is 1. The van der Waals surface area contributed by atoms with Gasteiger partial charge in [0, 0.05) is 33.8 Å². The van der Waals surface area contributed by atoms with Gasteiger partial charge in [0.25, 0.3) is 0 Å². The fraction of sp³-hybridized carbons (Fsp3) is 0.375. The molecule has 114 valence electrons. The minimum Gasteiger partial charge on any atom is -0.395 e. The largest absolute Gasteiger partial charge is 0.395 e. The predicted molar refractivity (Wildman–Crippen MR) is 95.5 cm³/mol. The van der Waals surface area contributed by atoms with E-state index in [2.05, 4.69) is 75.7 Å². The number of benzene rings is 1. The summed E-state index contributed by atoms with van der Waals surface area (Å²) < 4.78 is 1.16. The molecule has 1 atom stereocenters. The molecular weight excluding hydrogens is 348 g/mol. The zero-order valence-corrected chi connectivity index (χ0v) is 14.7. The van der Waals surface area contributed by atoms with Crippen molar-refractivity contribution in [3.8, 4) is 0 Å². The fourth-order valence-electron chi connectivity index (χ4n) is 2.29. The molecule has 0 saturated carbocycles. The van der Waals surface area contributed by atoms with Crippen molar-refractivity contribution >= 4 is 38.6 Å². The van der Waals surface area contributed by atoms with Crippen molar-refractivity contribution in [1.29, 1.82) is 0 Å². The maximum absolute atomic E-state index is 9.08. The second kappa shape index (κ2) is 7.82. The van der Waals surface area contributed by atoms with Crippen molar-refractivity contribution in [2.45, 2.75) is 19.9 Å². The number of halogens is 1. The lowest BCUT2D eigenvalue weighted by Gasteiger charge is -2.22. The fourth-order valence-corrected chi connectivity index (χ4v) is 4.01. The Morgan fingerprint density at radius 2 is 2.00 bits per heavy atom. The Labute approximate surface area is 138 Å². The van der Waals surface area contributed by atoms with Crippen LogP contribution >= 0.6 is 27.3 Å². The van der Waals surface area contributed by atoms with Crippen molar-refractivity contribution in [3.63, 3.8) is 0 Å². The Kier molecular flexibility index (Phi) is 6.08. The van der Waals surface area contributed by atoms with Crippen molar-refractivity contribution < 1.29 is 5.11 Å². The van der Waals surface area contributed by atoms with Crippen LogP contribution in [0.3, 0.4) is 0 Å². The topological polar surface area (TPSA) is 35.5 Å². The molecule has 0 saturated heterocycles. The van der Waals surface area contributed by atoms with E-state index in [0.29, 0.717) is 6.54 Å². The van der Waals surface area contributed by atoms with E-state index in [9.17, 15) is 0 Å². The molecule has 5 heteroatoms. The van der Waals surface area contributed by atoms with Crippen LogP contribution in [0.4, 0.5) is 11.4 Å². The molecule has 1 aromatic heterocycles. The summed E-state index contributed by atoms with van der Waals surface area (Å²) in [5.41, 5.74) is 2.24. The number of aliphatic hydroxyl groups is 1. The van der Waals surface area contributed by atoms with Crippen LogP contribution in [0.25, 0.3) is 0 Å². The van der Waals surface area contributed by atoms with Crippen molar-refractivity contribution in [2.75, 3.05) is 29.9 Å². The highest BCUT2D eigenvalue weighted by Gasteiger charge is 2.11. The molecule has 3 nitrogen and oxygen atoms in total. The summed E-state index contributed by atoms with van der Waals surface area (Å²) in [6, 6.07) is 10.7. The normalized spacial score (nSPS) is 12.2. The Balaban J connectivity index is 2.04. The van der Waals surface area contributed by atoms with E-state index < -0.39 is 0 Å². The first-order valence-electron chi connectivity index (χ1n) is 7.11. The summed E-state index contributed by atoms with van der Waals surface area (Å²) in [5, 5.41) is 14.7. The minimum atomic E-state index is 0.178. The first-order valence-corrected chi connectivity index (χ1v) is 8.78. The number of rotatable bonds is 7. The second-order valence-corrected chi connectivity index (χ2v) is 6.65. The zero-order chi connectivity index (χ0) is 15.2. The first kappa shape index (κ1) is 16.3. The highest BCUT2D eigenvalue weighted by atomic mass is 79.9. The van der Waals surface area contributed by atoms with Gasteiger partial charge in [-0.15, -0.1) is 11.3 Å². The summed E-state index contributed by atoms with van der Waals surface area (Å²) in [6.45, 7) is 6.00. The molecule has 1 aromatic carbocycles. The maximum atomic E-state index is 9.08. The van der Waals surface area contributed by atoms with Crippen LogP contribution in [-0.2, 0) is 0 Å². The number of anilines is 2. The summed E-state index contributed by atoms with van der Waals surface area (Å²) in [6.07, 6.45) is 0. The molecule has 0 amide bonds. The molecular formula is C16H21BrN2OS. The summed E-state index contributed by atoms with van der Waals surface area (Å²) in [4.78, 5) is 3.46. The van der Waals surface area contributed by atoms with E-state index in [-0.39, 0.29) is 12.6 Å². The molecule has 1 unspecified atom stereocenters. The number of nitrogens with zero attached hydrogens (tertiary/aromatic N) is 1. The smallest absolute Gasteiger partial charge is 0.0606 e. The van der Waals surface area contributed by atoms with Gasteiger partial charge in [0.15, 0.2) is 0 Å². The highest BCUT2D eigenvalue weighted by molar-refractivity contribution is 9.10. The molecule has 0 bridgehead atoms. The van der Waals surface area contributed by atoms with Crippen LogP contribution in [0.5, 0.6) is 0 Å². The summed E-state index contributed by atoms with van der Waals surface area (Å²) in [5.74, 6) is 0. The van der Waals surface area contributed by atoms with Crippen LogP contribution < -0.4 is 10.2 Å². The average molecular weight is 369 g/mol. The van der Waals surface area contributed by atoms with Crippen molar-refractivity contribution in [1.82, 2.24) is 0 Å². The number of hydrogen-bond acceptors (Lipinski definition) is 4. The lowest BCUT2D eigenvalue weighted by Crippen LogP contribution is -2.25. The van der Waals surface area contributed by atoms with Gasteiger partial charge in [-0.25, -0.2) is 0 Å². The van der Waals surface area contributed by atoms with Crippen molar-refractivity contribution in [2.24, 2.45) is 0 Å². The van der Waals surface area contributed by atoms with E-state index in [1.54, 1.807) is 11.3 Å². The molecule has 0 fully saturated rings. The van der Waals surface area contributed by atoms with Gasteiger partial charge in [0.2, 0.25) is 0 Å². The standard InChI is InChI=1S/C16H21BrN2OS/c1-3-19(9-10-20)14-6-4-13(5-7-14)18-12(2)16-15(17)8-11-21-16/h4-8,11-12,18,20H,3,9-10H2,1-2H3. The number of aliphatic hydroxyl groups excluding tert-OH is 1. The SMILES string of the molecule is CCN(CCO)c1ccc(NC(C)c2sccc2Br)cc1. The molecule has 0 aliphatic rings. The van der Waals surface area contributed by atoms with Gasteiger partial charge in [-0.3, -0.25) is 0 Å². The third-order valence-electron chi connectivity index (χ3n) is 3.41. The van der Waals surface area contributed by atoms with Gasteiger partial charge < -0.3 is 15.3 Å². The van der Waals surface area contributed by atoms with Crippen LogP contribution in [0.1, 0.15) is 24.8 Å².